The molecule has 0 radical (unpaired) electrons. The number of hydrogen-bond acceptors (Lipinski definition) is 7. The third-order valence-electron chi connectivity index (χ3n) is 3.55. The van der Waals surface area contributed by atoms with Gasteiger partial charge in [0.15, 0.2) is 18.1 Å². The molecule has 0 aromatic heterocycles. The van der Waals surface area contributed by atoms with Crippen molar-refractivity contribution < 1.29 is 36.6 Å². The maximum Gasteiger partial charge on any atom is 0.321 e. The van der Waals surface area contributed by atoms with Gasteiger partial charge < -0.3 is 19.5 Å². The quantitative estimate of drug-likeness (QED) is 0.654. The van der Waals surface area contributed by atoms with E-state index in [-0.39, 0.29) is 6.79 Å². The summed E-state index contributed by atoms with van der Waals surface area (Å²) in [6, 6.07) is 9.45. The fourth-order valence-electron chi connectivity index (χ4n) is 2.26. The van der Waals surface area contributed by atoms with Crippen LogP contribution in [-0.2, 0) is 24.3 Å². The van der Waals surface area contributed by atoms with Crippen LogP contribution in [0.25, 0.3) is 0 Å². The van der Waals surface area contributed by atoms with Gasteiger partial charge in [-0.1, -0.05) is 12.1 Å². The number of amides is 1. The number of esters is 1. The number of fused-ring (bicyclic) bond motifs is 1. The fraction of sp³-hybridized carbons (Fsp3) is 0.176. The summed E-state index contributed by atoms with van der Waals surface area (Å²) < 4.78 is 54.4. The van der Waals surface area contributed by atoms with E-state index in [1.54, 1.807) is 18.2 Å². The van der Waals surface area contributed by atoms with Crippen molar-refractivity contribution >= 4 is 27.6 Å². The molecular formula is C17H15FN2O7S. The summed E-state index contributed by atoms with van der Waals surface area (Å²) >= 11 is 0. The van der Waals surface area contributed by atoms with Crippen molar-refractivity contribution in [1.82, 2.24) is 4.72 Å². The van der Waals surface area contributed by atoms with Gasteiger partial charge in [-0.15, -0.1) is 0 Å². The first-order valence-corrected chi connectivity index (χ1v) is 9.43. The van der Waals surface area contributed by atoms with Crippen molar-refractivity contribution in [2.75, 3.05) is 25.3 Å². The van der Waals surface area contributed by atoms with Crippen LogP contribution in [-0.4, -0.2) is 40.2 Å². The van der Waals surface area contributed by atoms with E-state index in [2.05, 4.69) is 5.32 Å². The standard InChI is InChI=1S/C17H15FN2O7S/c18-12-3-1-2-4-15(12)28(23,24)19-8-17(22)25-9-16(21)20-11-5-6-13-14(7-11)27-10-26-13/h1-7,19H,8-10H2,(H,20,21). The van der Waals surface area contributed by atoms with E-state index in [1.807, 2.05) is 4.72 Å². The molecule has 2 aromatic carbocycles. The summed E-state index contributed by atoms with van der Waals surface area (Å²) in [5.41, 5.74) is 0.408. The molecule has 11 heteroatoms. The Morgan fingerprint density at radius 2 is 1.86 bits per heavy atom. The molecule has 0 bridgehead atoms. The van der Waals surface area contributed by atoms with Gasteiger partial charge in [-0.3, -0.25) is 9.59 Å². The van der Waals surface area contributed by atoms with Crippen LogP contribution in [0.4, 0.5) is 10.1 Å². The van der Waals surface area contributed by atoms with Crippen molar-refractivity contribution in [2.24, 2.45) is 0 Å². The molecule has 9 nitrogen and oxygen atoms in total. The van der Waals surface area contributed by atoms with Crippen molar-refractivity contribution in [3.8, 4) is 11.5 Å². The van der Waals surface area contributed by atoms with Crippen LogP contribution in [0.5, 0.6) is 11.5 Å². The summed E-state index contributed by atoms with van der Waals surface area (Å²) in [6.45, 7) is -1.30. The molecule has 0 aliphatic carbocycles. The van der Waals surface area contributed by atoms with Crippen LogP contribution >= 0.6 is 0 Å². The van der Waals surface area contributed by atoms with Crippen LogP contribution in [0.3, 0.4) is 0 Å². The van der Waals surface area contributed by atoms with Crippen molar-refractivity contribution in [3.05, 3.63) is 48.3 Å². The lowest BCUT2D eigenvalue weighted by Crippen LogP contribution is -2.32. The summed E-state index contributed by atoms with van der Waals surface area (Å²) in [7, 11) is -4.23. The van der Waals surface area contributed by atoms with E-state index in [4.69, 9.17) is 14.2 Å². The molecule has 2 N–H and O–H groups in total. The molecule has 1 aliphatic rings. The minimum atomic E-state index is -4.23. The zero-order valence-corrected chi connectivity index (χ0v) is 15.1. The minimum absolute atomic E-state index is 0.0904. The third-order valence-corrected chi connectivity index (χ3v) is 4.99. The van der Waals surface area contributed by atoms with Crippen molar-refractivity contribution in [1.29, 1.82) is 0 Å². The molecule has 0 unspecified atom stereocenters. The molecule has 1 amide bonds. The molecule has 1 heterocycles. The van der Waals surface area contributed by atoms with Gasteiger partial charge in [0.25, 0.3) is 5.91 Å². The molecule has 148 valence electrons. The normalized spacial score (nSPS) is 12.5. The predicted octanol–water partition coefficient (Wildman–Crippen LogP) is 1.01. The highest BCUT2D eigenvalue weighted by atomic mass is 32.2. The van der Waals surface area contributed by atoms with Gasteiger partial charge in [-0.05, 0) is 24.3 Å². The van der Waals surface area contributed by atoms with Crippen LogP contribution in [0.2, 0.25) is 0 Å². The second kappa shape index (κ2) is 8.23. The monoisotopic (exact) mass is 410 g/mol. The first kappa shape index (κ1) is 19.6. The van der Waals surface area contributed by atoms with Crippen molar-refractivity contribution in [3.63, 3.8) is 0 Å². The topological polar surface area (TPSA) is 120 Å². The summed E-state index contributed by atoms with van der Waals surface area (Å²) in [6.07, 6.45) is 0. The average molecular weight is 410 g/mol. The highest BCUT2D eigenvalue weighted by Gasteiger charge is 2.20. The first-order chi connectivity index (χ1) is 13.3. The zero-order chi connectivity index (χ0) is 20.1. The Balaban J connectivity index is 1.46. The third kappa shape index (κ3) is 4.75. The Hall–Kier alpha value is -3.18. The van der Waals surface area contributed by atoms with Gasteiger partial charge in [0.1, 0.15) is 17.3 Å². The molecule has 0 spiro atoms. The number of hydrogen-bond donors (Lipinski definition) is 2. The van der Waals surface area contributed by atoms with Gasteiger partial charge in [-0.25, -0.2) is 12.8 Å². The van der Waals surface area contributed by atoms with Crippen LogP contribution in [0.1, 0.15) is 0 Å². The zero-order valence-electron chi connectivity index (χ0n) is 14.3. The average Bonchev–Trinajstić information content (AvgIpc) is 3.13. The number of benzene rings is 2. The number of rotatable bonds is 7. The number of ether oxygens (including phenoxy) is 3. The Bertz CT molecular complexity index is 1010. The Morgan fingerprint density at radius 1 is 1.11 bits per heavy atom. The van der Waals surface area contributed by atoms with Gasteiger partial charge in [-0.2, -0.15) is 4.72 Å². The van der Waals surface area contributed by atoms with Crippen LogP contribution in [0, 0.1) is 5.82 Å². The second-order valence-electron chi connectivity index (χ2n) is 5.53. The van der Waals surface area contributed by atoms with Crippen LogP contribution in [0.15, 0.2) is 47.4 Å². The van der Waals surface area contributed by atoms with E-state index in [9.17, 15) is 22.4 Å². The van der Waals surface area contributed by atoms with Crippen molar-refractivity contribution in [2.45, 2.75) is 4.90 Å². The van der Waals surface area contributed by atoms with E-state index in [0.29, 0.717) is 17.2 Å². The maximum atomic E-state index is 13.5. The van der Waals surface area contributed by atoms with E-state index >= 15 is 0 Å². The Kier molecular flexibility index (Phi) is 5.76. The highest BCUT2D eigenvalue weighted by Crippen LogP contribution is 2.34. The predicted molar refractivity (Wildman–Crippen MR) is 93.7 cm³/mol. The molecule has 1 aliphatic heterocycles. The number of anilines is 1. The number of halogens is 1. The summed E-state index contributed by atoms with van der Waals surface area (Å²) in [5.74, 6) is -1.57. The smallest absolute Gasteiger partial charge is 0.321 e. The fourth-order valence-corrected chi connectivity index (χ4v) is 3.31. The molecule has 3 rings (SSSR count). The van der Waals surface area contributed by atoms with E-state index in [1.165, 1.54) is 12.1 Å². The highest BCUT2D eigenvalue weighted by molar-refractivity contribution is 7.89. The second-order valence-corrected chi connectivity index (χ2v) is 7.27. The molecule has 0 fully saturated rings. The molecule has 0 saturated carbocycles. The molecular weight excluding hydrogens is 395 g/mol. The minimum Gasteiger partial charge on any atom is -0.455 e. The van der Waals surface area contributed by atoms with E-state index in [0.717, 1.165) is 12.1 Å². The summed E-state index contributed by atoms with van der Waals surface area (Å²) in [5, 5.41) is 2.49. The number of carbonyl (C=O) groups excluding carboxylic acids is 2. The Labute approximate surface area is 159 Å². The number of carbonyl (C=O) groups is 2. The SMILES string of the molecule is O=C(COC(=O)CNS(=O)(=O)c1ccccc1F)Nc1ccc2c(c1)OCO2. The van der Waals surface area contributed by atoms with Gasteiger partial charge >= 0.3 is 5.97 Å². The lowest BCUT2D eigenvalue weighted by molar-refractivity contribution is -0.146. The summed E-state index contributed by atoms with van der Waals surface area (Å²) in [4.78, 5) is 22.9. The largest absolute Gasteiger partial charge is 0.455 e. The van der Waals surface area contributed by atoms with Gasteiger partial charge in [0.2, 0.25) is 16.8 Å². The molecule has 0 saturated heterocycles. The molecule has 0 atom stereocenters. The number of nitrogens with one attached hydrogen (secondary N) is 2. The van der Waals surface area contributed by atoms with E-state index < -0.39 is 45.8 Å². The maximum absolute atomic E-state index is 13.5. The van der Waals surface area contributed by atoms with Crippen LogP contribution < -0.4 is 19.5 Å². The lowest BCUT2D eigenvalue weighted by atomic mass is 10.3. The van der Waals surface area contributed by atoms with Gasteiger partial charge in [0, 0.05) is 11.8 Å². The number of sulfonamides is 1. The lowest BCUT2D eigenvalue weighted by Gasteiger charge is -2.09. The first-order valence-electron chi connectivity index (χ1n) is 7.94. The molecule has 28 heavy (non-hydrogen) atoms. The van der Waals surface area contributed by atoms with Gasteiger partial charge in [0.05, 0.1) is 0 Å². The molecule has 2 aromatic rings. The Morgan fingerprint density at radius 3 is 2.64 bits per heavy atom.